The minimum Gasteiger partial charge on any atom is -0.346 e. The number of anilines is 1. The molecule has 1 atom stereocenters. The highest BCUT2D eigenvalue weighted by molar-refractivity contribution is 6.30. The van der Waals surface area contributed by atoms with Gasteiger partial charge in [-0.05, 0) is 29.8 Å². The topological polar surface area (TPSA) is 62.7 Å². The molecule has 6 heteroatoms. The zero-order chi connectivity index (χ0) is 15.4. The molecular formula is C16H15ClN4O. The van der Waals surface area contributed by atoms with Crippen LogP contribution < -0.4 is 5.32 Å². The highest BCUT2D eigenvalue weighted by Crippen LogP contribution is 2.24. The highest BCUT2D eigenvalue weighted by atomic mass is 35.5. The van der Waals surface area contributed by atoms with Crippen LogP contribution in [0.1, 0.15) is 18.0 Å². The molecule has 0 radical (unpaired) electrons. The molecule has 3 rings (SSSR count). The average molecular weight is 315 g/mol. The minimum atomic E-state index is -0.0878. The molecule has 22 heavy (non-hydrogen) atoms. The average Bonchev–Trinajstić information content (AvgIpc) is 3.19. The molecule has 1 aromatic carbocycles. The summed E-state index contributed by atoms with van der Waals surface area (Å²) in [5.74, 6) is 0.505. The van der Waals surface area contributed by atoms with Crippen LogP contribution in [0.15, 0.2) is 61.1 Å². The van der Waals surface area contributed by atoms with E-state index in [2.05, 4.69) is 15.5 Å². The van der Waals surface area contributed by atoms with Crippen molar-refractivity contribution < 1.29 is 4.79 Å². The summed E-state index contributed by atoms with van der Waals surface area (Å²) in [6, 6.07) is 13.1. The van der Waals surface area contributed by atoms with Crippen LogP contribution in [0.4, 0.5) is 5.82 Å². The van der Waals surface area contributed by atoms with Crippen molar-refractivity contribution in [1.29, 1.82) is 0 Å². The number of carbonyl (C=O) groups is 1. The summed E-state index contributed by atoms with van der Waals surface area (Å²) >= 11 is 5.94. The number of aromatic nitrogens is 3. The SMILES string of the molecule is O=C(C[C@@H](c1ccc(Cl)cc1)n1cccc1)Nc1ccn[nH]1. The quantitative estimate of drug-likeness (QED) is 0.757. The zero-order valence-electron chi connectivity index (χ0n) is 11.7. The Bertz CT molecular complexity index is 720. The standard InChI is InChI=1S/C16H15ClN4O/c17-13-5-3-12(4-6-13)14(21-9-1-2-10-21)11-16(22)19-15-7-8-18-20-15/h1-10,14H,11H2,(H2,18,19,20,22)/t14-/m0/s1. The van der Waals surface area contributed by atoms with Gasteiger partial charge in [-0.1, -0.05) is 23.7 Å². The van der Waals surface area contributed by atoms with Gasteiger partial charge < -0.3 is 9.88 Å². The molecule has 0 fully saturated rings. The molecular weight excluding hydrogens is 300 g/mol. The van der Waals surface area contributed by atoms with Gasteiger partial charge in [0.25, 0.3) is 0 Å². The van der Waals surface area contributed by atoms with Crippen LogP contribution in [0.5, 0.6) is 0 Å². The molecule has 0 saturated carbocycles. The first-order valence-electron chi connectivity index (χ1n) is 6.89. The van der Waals surface area contributed by atoms with Gasteiger partial charge in [0.05, 0.1) is 18.7 Å². The third-order valence-corrected chi connectivity index (χ3v) is 3.65. The molecule has 0 aliphatic heterocycles. The molecule has 2 heterocycles. The van der Waals surface area contributed by atoms with E-state index in [1.807, 2.05) is 53.4 Å². The number of benzene rings is 1. The number of nitrogens with zero attached hydrogens (tertiary/aromatic N) is 2. The third-order valence-electron chi connectivity index (χ3n) is 3.40. The summed E-state index contributed by atoms with van der Waals surface area (Å²) in [6.45, 7) is 0. The van der Waals surface area contributed by atoms with Gasteiger partial charge in [0, 0.05) is 23.5 Å². The molecule has 1 amide bonds. The van der Waals surface area contributed by atoms with Gasteiger partial charge in [-0.15, -0.1) is 0 Å². The summed E-state index contributed by atoms with van der Waals surface area (Å²) in [4.78, 5) is 12.3. The van der Waals surface area contributed by atoms with Crippen molar-refractivity contribution in [1.82, 2.24) is 14.8 Å². The lowest BCUT2D eigenvalue weighted by Gasteiger charge is -2.19. The second-order valence-corrected chi connectivity index (χ2v) is 5.36. The van der Waals surface area contributed by atoms with Crippen molar-refractivity contribution in [3.63, 3.8) is 0 Å². The first-order valence-corrected chi connectivity index (χ1v) is 7.27. The van der Waals surface area contributed by atoms with Crippen LogP contribution in [-0.4, -0.2) is 20.7 Å². The van der Waals surface area contributed by atoms with Gasteiger partial charge >= 0.3 is 0 Å². The van der Waals surface area contributed by atoms with Crippen LogP contribution in [0.25, 0.3) is 0 Å². The first kappa shape index (κ1) is 14.4. The van der Waals surface area contributed by atoms with E-state index < -0.39 is 0 Å². The van der Waals surface area contributed by atoms with E-state index in [1.165, 1.54) is 0 Å². The zero-order valence-corrected chi connectivity index (χ0v) is 12.5. The lowest BCUT2D eigenvalue weighted by molar-refractivity contribution is -0.116. The maximum atomic E-state index is 12.3. The van der Waals surface area contributed by atoms with Gasteiger partial charge in [-0.3, -0.25) is 9.89 Å². The molecule has 0 aliphatic carbocycles. The molecule has 2 N–H and O–H groups in total. The predicted molar refractivity (Wildman–Crippen MR) is 85.9 cm³/mol. The van der Waals surface area contributed by atoms with Crippen molar-refractivity contribution in [2.45, 2.75) is 12.5 Å². The lowest BCUT2D eigenvalue weighted by Crippen LogP contribution is -2.19. The van der Waals surface area contributed by atoms with Gasteiger partial charge in [0.2, 0.25) is 5.91 Å². The maximum absolute atomic E-state index is 12.3. The molecule has 2 aromatic heterocycles. The second-order valence-electron chi connectivity index (χ2n) is 4.92. The van der Waals surface area contributed by atoms with Gasteiger partial charge in [0.1, 0.15) is 5.82 Å². The molecule has 5 nitrogen and oxygen atoms in total. The Morgan fingerprint density at radius 3 is 2.59 bits per heavy atom. The fourth-order valence-corrected chi connectivity index (χ4v) is 2.46. The van der Waals surface area contributed by atoms with Crippen LogP contribution in [0, 0.1) is 0 Å². The smallest absolute Gasteiger partial charge is 0.227 e. The number of amides is 1. The normalized spacial score (nSPS) is 12.0. The number of halogens is 1. The number of hydrogen-bond acceptors (Lipinski definition) is 2. The van der Waals surface area contributed by atoms with Crippen molar-refractivity contribution >= 4 is 23.3 Å². The maximum Gasteiger partial charge on any atom is 0.227 e. The van der Waals surface area contributed by atoms with Crippen molar-refractivity contribution in [3.05, 3.63) is 71.6 Å². The molecule has 0 saturated heterocycles. The van der Waals surface area contributed by atoms with Crippen LogP contribution >= 0.6 is 11.6 Å². The minimum absolute atomic E-state index is 0.0853. The van der Waals surface area contributed by atoms with E-state index in [4.69, 9.17) is 11.6 Å². The van der Waals surface area contributed by atoms with E-state index in [-0.39, 0.29) is 11.9 Å². The summed E-state index contributed by atoms with van der Waals surface area (Å²) in [5, 5.41) is 10.0. The molecule has 0 bridgehead atoms. The molecule has 0 aliphatic rings. The number of carbonyl (C=O) groups excluding carboxylic acids is 1. The van der Waals surface area contributed by atoms with E-state index in [1.54, 1.807) is 12.3 Å². The van der Waals surface area contributed by atoms with E-state index in [9.17, 15) is 4.79 Å². The molecule has 3 aromatic rings. The first-order chi connectivity index (χ1) is 10.7. The fourth-order valence-electron chi connectivity index (χ4n) is 2.34. The fraction of sp³-hybridized carbons (Fsp3) is 0.125. The van der Waals surface area contributed by atoms with Crippen molar-refractivity contribution in [2.24, 2.45) is 0 Å². The molecule has 0 unspecified atom stereocenters. The Kier molecular flexibility index (Phi) is 4.25. The highest BCUT2D eigenvalue weighted by Gasteiger charge is 2.17. The predicted octanol–water partition coefficient (Wildman–Crippen LogP) is 3.48. The number of H-pyrrole nitrogens is 1. The van der Waals surface area contributed by atoms with Crippen molar-refractivity contribution in [3.8, 4) is 0 Å². The van der Waals surface area contributed by atoms with Crippen LogP contribution in [0.3, 0.4) is 0 Å². The largest absolute Gasteiger partial charge is 0.346 e. The Morgan fingerprint density at radius 1 is 1.23 bits per heavy atom. The summed E-state index contributed by atoms with van der Waals surface area (Å²) < 4.78 is 2.01. The summed E-state index contributed by atoms with van der Waals surface area (Å²) in [6.07, 6.45) is 5.80. The van der Waals surface area contributed by atoms with E-state index in [0.29, 0.717) is 17.3 Å². The second kappa shape index (κ2) is 6.49. The summed E-state index contributed by atoms with van der Waals surface area (Å²) in [5.41, 5.74) is 1.03. The Balaban J connectivity index is 1.80. The lowest BCUT2D eigenvalue weighted by atomic mass is 10.0. The Morgan fingerprint density at radius 2 is 1.95 bits per heavy atom. The number of hydrogen-bond donors (Lipinski definition) is 2. The van der Waals surface area contributed by atoms with Gasteiger partial charge in [0.15, 0.2) is 0 Å². The Hall–Kier alpha value is -2.53. The van der Waals surface area contributed by atoms with Crippen LogP contribution in [-0.2, 0) is 4.79 Å². The van der Waals surface area contributed by atoms with E-state index in [0.717, 1.165) is 5.56 Å². The Labute approximate surface area is 132 Å². The number of rotatable bonds is 5. The number of nitrogens with one attached hydrogen (secondary N) is 2. The molecule has 112 valence electrons. The third kappa shape index (κ3) is 3.38. The van der Waals surface area contributed by atoms with E-state index >= 15 is 0 Å². The monoisotopic (exact) mass is 314 g/mol. The van der Waals surface area contributed by atoms with Gasteiger partial charge in [-0.25, -0.2) is 0 Å². The number of aromatic amines is 1. The van der Waals surface area contributed by atoms with Gasteiger partial charge in [-0.2, -0.15) is 5.10 Å². The van der Waals surface area contributed by atoms with Crippen LogP contribution in [0.2, 0.25) is 5.02 Å². The molecule has 0 spiro atoms. The summed E-state index contributed by atoms with van der Waals surface area (Å²) in [7, 11) is 0. The van der Waals surface area contributed by atoms with Crippen molar-refractivity contribution in [2.75, 3.05) is 5.32 Å².